The Labute approximate surface area is 347 Å². The summed E-state index contributed by atoms with van der Waals surface area (Å²) < 4.78 is 9.43. The van der Waals surface area contributed by atoms with E-state index in [2.05, 4.69) is 103 Å². The molecule has 12 nitrogen and oxygen atoms in total. The number of imidazole rings is 2. The quantitative estimate of drug-likeness (QED) is 0.0778. The number of likely N-dealkylation sites (tertiary alicyclic amines) is 1. The maximum absolute atomic E-state index is 13.0. The first-order chi connectivity index (χ1) is 28.7. The number of H-pyrrole nitrogens is 2. The number of amides is 1. The van der Waals surface area contributed by atoms with Gasteiger partial charge in [-0.05, 0) is 108 Å². The number of nitrogens with two attached hydrogens (primary N) is 1. The lowest BCUT2D eigenvalue weighted by Gasteiger charge is -2.31. The number of rotatable bonds is 14. The number of nitrogens with zero attached hydrogens (tertiary/aromatic N) is 5. The molecule has 2 fully saturated rings. The highest BCUT2D eigenvalue weighted by Gasteiger charge is 2.32. The van der Waals surface area contributed by atoms with Gasteiger partial charge in [0.15, 0.2) is 6.23 Å². The lowest BCUT2D eigenvalue weighted by molar-refractivity contribution is -0.117. The predicted octanol–water partition coefficient (Wildman–Crippen LogP) is 7.48. The van der Waals surface area contributed by atoms with E-state index in [1.807, 2.05) is 32.6 Å². The second kappa shape index (κ2) is 16.9. The molecule has 3 aliphatic heterocycles. The molecule has 0 radical (unpaired) electrons. The van der Waals surface area contributed by atoms with Gasteiger partial charge in [0.1, 0.15) is 17.4 Å². The van der Waals surface area contributed by atoms with E-state index in [1.165, 1.54) is 6.42 Å². The molecule has 0 spiro atoms. The predicted molar refractivity (Wildman–Crippen MR) is 235 cm³/mol. The number of nitrogens with one attached hydrogen (secondary N) is 4. The number of ether oxygens (including phenoxy) is 1. The van der Waals surface area contributed by atoms with Gasteiger partial charge < -0.3 is 40.5 Å². The number of hydrogen-bond donors (Lipinski definition) is 5. The maximum Gasteiger partial charge on any atom is 0.250 e. The van der Waals surface area contributed by atoms with Crippen molar-refractivity contribution in [3.05, 3.63) is 90.3 Å². The highest BCUT2D eigenvalue weighted by Crippen LogP contribution is 2.46. The van der Waals surface area contributed by atoms with E-state index < -0.39 is 0 Å². The number of hydrogen-bond acceptors (Lipinski definition) is 8. The summed E-state index contributed by atoms with van der Waals surface area (Å²) >= 11 is 0. The summed E-state index contributed by atoms with van der Waals surface area (Å²) in [5, 5.41) is 7.80. The minimum atomic E-state index is -0.227. The van der Waals surface area contributed by atoms with Crippen molar-refractivity contribution in [3.63, 3.8) is 0 Å². The first-order valence-corrected chi connectivity index (χ1v) is 21.8. The third kappa shape index (κ3) is 8.28. The van der Waals surface area contributed by atoms with Crippen LogP contribution in [0, 0.1) is 11.8 Å². The lowest BCUT2D eigenvalue weighted by atomic mass is 9.91. The molecule has 6 N–H and O–H groups in total. The Kier molecular flexibility index (Phi) is 11.3. The molecule has 1 aliphatic carbocycles. The van der Waals surface area contributed by atoms with E-state index in [4.69, 9.17) is 20.4 Å². The molecule has 5 atom stereocenters. The SMILES string of the molecule is CC(C)C(N)CN1CCCC1c1ncc(-c2ccc3c(c2)OC(CCC2C=C(C(=O)NCCN(C)C)C=CC2)n2c-3cc3cc(-c4cnc(C5CCCN5)[nH]4)ccc32)[nH]1. The summed E-state index contributed by atoms with van der Waals surface area (Å²) in [5.41, 5.74) is 14.8. The number of benzene rings is 2. The maximum atomic E-state index is 13.0. The van der Waals surface area contributed by atoms with Crippen LogP contribution in [0.2, 0.25) is 0 Å². The van der Waals surface area contributed by atoms with Gasteiger partial charge in [0.25, 0.3) is 5.91 Å². The van der Waals surface area contributed by atoms with Crippen LogP contribution in [-0.4, -0.2) is 93.1 Å². The van der Waals surface area contributed by atoms with Crippen LogP contribution in [0.1, 0.15) is 88.8 Å². The van der Waals surface area contributed by atoms with Gasteiger partial charge in [-0.25, -0.2) is 9.97 Å². The highest BCUT2D eigenvalue weighted by molar-refractivity contribution is 5.96. The molecule has 1 amide bonds. The molecule has 9 rings (SSSR count). The Hall–Kier alpha value is -5.01. The second-order valence-corrected chi connectivity index (χ2v) is 17.7. The molecule has 0 bridgehead atoms. The normalized spacial score (nSPS) is 22.2. The van der Waals surface area contributed by atoms with Gasteiger partial charge in [0.2, 0.25) is 0 Å². The third-order valence-corrected chi connectivity index (χ3v) is 12.9. The van der Waals surface area contributed by atoms with Gasteiger partial charge in [-0.2, -0.15) is 0 Å². The van der Waals surface area contributed by atoms with Gasteiger partial charge >= 0.3 is 0 Å². The lowest BCUT2D eigenvalue weighted by Crippen LogP contribution is -2.40. The first-order valence-electron chi connectivity index (χ1n) is 21.8. The largest absolute Gasteiger partial charge is 0.469 e. The van der Waals surface area contributed by atoms with Crippen LogP contribution in [0.25, 0.3) is 44.7 Å². The molecule has 12 heteroatoms. The van der Waals surface area contributed by atoms with E-state index in [-0.39, 0.29) is 36.2 Å². The molecule has 2 saturated heterocycles. The second-order valence-electron chi connectivity index (χ2n) is 17.7. The molecule has 5 unspecified atom stereocenters. The number of likely N-dealkylation sites (N-methyl/N-ethyl adjacent to an activating group) is 1. The van der Waals surface area contributed by atoms with Crippen molar-refractivity contribution in [1.29, 1.82) is 0 Å². The fourth-order valence-electron chi connectivity index (χ4n) is 9.33. The number of allylic oxidation sites excluding steroid dienone is 2. The van der Waals surface area contributed by atoms with Crippen molar-refractivity contribution in [3.8, 4) is 39.5 Å². The van der Waals surface area contributed by atoms with Crippen LogP contribution in [0.4, 0.5) is 0 Å². The van der Waals surface area contributed by atoms with Gasteiger partial charge in [0.05, 0.1) is 47.1 Å². The van der Waals surface area contributed by atoms with Crippen LogP contribution >= 0.6 is 0 Å². The molecule has 59 heavy (non-hydrogen) atoms. The van der Waals surface area contributed by atoms with Crippen molar-refractivity contribution < 1.29 is 9.53 Å². The number of fused-ring (bicyclic) bond motifs is 5. The third-order valence-electron chi connectivity index (χ3n) is 12.9. The minimum absolute atomic E-state index is 0.0108. The Morgan fingerprint density at radius 1 is 1.00 bits per heavy atom. The van der Waals surface area contributed by atoms with E-state index in [0.717, 1.165) is 132 Å². The molecule has 2 aromatic carbocycles. The average Bonchev–Trinajstić information content (AvgIpc) is 4.09. The topological polar surface area (TPSA) is 145 Å². The molecular weight excluding hydrogens is 737 g/mol. The van der Waals surface area contributed by atoms with Crippen molar-refractivity contribution in [2.24, 2.45) is 17.6 Å². The summed E-state index contributed by atoms with van der Waals surface area (Å²) in [5.74, 6) is 3.54. The van der Waals surface area contributed by atoms with Crippen molar-refractivity contribution in [2.75, 3.05) is 46.8 Å². The molecule has 5 aromatic rings. The van der Waals surface area contributed by atoms with Gasteiger partial charge in [-0.15, -0.1) is 0 Å². The average molecular weight is 797 g/mol. The summed E-state index contributed by atoms with van der Waals surface area (Å²) in [6.45, 7) is 8.77. The van der Waals surface area contributed by atoms with E-state index in [0.29, 0.717) is 12.5 Å². The molecule has 3 aromatic heterocycles. The zero-order valence-corrected chi connectivity index (χ0v) is 35.0. The van der Waals surface area contributed by atoms with E-state index in [9.17, 15) is 4.79 Å². The summed E-state index contributed by atoms with van der Waals surface area (Å²) in [6.07, 6.45) is 17.0. The Bertz CT molecular complexity index is 2340. The summed E-state index contributed by atoms with van der Waals surface area (Å²) in [4.78, 5) is 34.6. The van der Waals surface area contributed by atoms with Crippen LogP contribution in [0.3, 0.4) is 0 Å². The summed E-state index contributed by atoms with van der Waals surface area (Å²) in [7, 11) is 4.03. The summed E-state index contributed by atoms with van der Waals surface area (Å²) in [6, 6.07) is 16.2. The molecule has 6 heterocycles. The smallest absolute Gasteiger partial charge is 0.250 e. The minimum Gasteiger partial charge on any atom is -0.469 e. The Morgan fingerprint density at radius 2 is 1.80 bits per heavy atom. The molecule has 4 aliphatic rings. The van der Waals surface area contributed by atoms with Crippen LogP contribution < -0.4 is 21.1 Å². The first kappa shape index (κ1) is 39.5. The van der Waals surface area contributed by atoms with Gasteiger partial charge in [-0.3, -0.25) is 9.69 Å². The Morgan fingerprint density at radius 3 is 2.59 bits per heavy atom. The van der Waals surface area contributed by atoms with Gasteiger partial charge in [0, 0.05) is 59.7 Å². The fourth-order valence-corrected chi connectivity index (χ4v) is 9.33. The fraction of sp³-hybridized carbons (Fsp3) is 0.468. The number of aromatic amines is 2. The van der Waals surface area contributed by atoms with Crippen LogP contribution in [0.5, 0.6) is 5.75 Å². The van der Waals surface area contributed by atoms with E-state index in [1.54, 1.807) is 0 Å². The van der Waals surface area contributed by atoms with Crippen LogP contribution in [0.15, 0.2) is 78.7 Å². The monoisotopic (exact) mass is 796 g/mol. The number of carbonyl (C=O) groups is 1. The Balaban J connectivity index is 1.00. The number of carbonyl (C=O) groups excluding carboxylic acids is 1. The highest BCUT2D eigenvalue weighted by atomic mass is 16.5. The van der Waals surface area contributed by atoms with Crippen molar-refractivity contribution in [2.45, 2.75) is 83.1 Å². The van der Waals surface area contributed by atoms with E-state index >= 15 is 0 Å². The zero-order chi connectivity index (χ0) is 40.6. The molecule has 310 valence electrons. The van der Waals surface area contributed by atoms with Crippen molar-refractivity contribution >= 4 is 16.8 Å². The zero-order valence-electron chi connectivity index (χ0n) is 35.0. The van der Waals surface area contributed by atoms with Gasteiger partial charge in [-0.1, -0.05) is 44.2 Å². The standard InChI is InChI=1S/C47H60N10O2/c1-29(2)36(48)28-56-20-7-11-41(56)46-52-27-39(54-46)32-13-15-35-42-24-34-23-31(38-26-51-45(53-38)37-10-6-18-49-37)14-16-40(34)57(42)44(59-43(35)25-32)17-12-30-8-5-9-33(22-30)47(58)50-19-21-55(3)4/h5,9,13-16,22-27,29-30,36-37,41,44,49H,6-8,10-12,17-21,28,48H2,1-4H3,(H,50,58)(H,51,53)(H,52,54). The number of aromatic nitrogens is 5. The van der Waals surface area contributed by atoms with Crippen molar-refractivity contribution in [1.82, 2.24) is 44.9 Å². The molecular formula is C47H60N10O2. The van der Waals surface area contributed by atoms with Crippen LogP contribution in [-0.2, 0) is 4.79 Å². The molecule has 0 saturated carbocycles.